The van der Waals surface area contributed by atoms with Crippen LogP contribution in [0.4, 0.5) is 0 Å². The highest BCUT2D eigenvalue weighted by Crippen LogP contribution is 2.29. The standard InChI is InChI=1S/C16H23N5O/c1-2-4-12(5-3-1)10-21-16(14-8-17-18-9-14)19-15(20-21)13-6-7-22-11-13/h8-9,12-13H,1-7,10-11H2,(H,17,18)/t13-/m0/s1. The van der Waals surface area contributed by atoms with Crippen LogP contribution in [0.15, 0.2) is 12.4 Å². The predicted octanol–water partition coefficient (Wildman–Crippen LogP) is 2.75. The van der Waals surface area contributed by atoms with E-state index in [1.807, 2.05) is 12.4 Å². The van der Waals surface area contributed by atoms with Gasteiger partial charge in [-0.05, 0) is 25.2 Å². The van der Waals surface area contributed by atoms with Crippen LogP contribution in [-0.4, -0.2) is 38.2 Å². The third-order valence-corrected chi connectivity index (χ3v) is 4.90. The van der Waals surface area contributed by atoms with Gasteiger partial charge in [-0.15, -0.1) is 0 Å². The minimum atomic E-state index is 0.346. The number of aromatic amines is 1. The van der Waals surface area contributed by atoms with Crippen molar-refractivity contribution in [1.29, 1.82) is 0 Å². The Hall–Kier alpha value is -1.69. The smallest absolute Gasteiger partial charge is 0.161 e. The van der Waals surface area contributed by atoms with Crippen molar-refractivity contribution < 1.29 is 4.74 Å². The summed E-state index contributed by atoms with van der Waals surface area (Å²) in [5, 5.41) is 11.8. The van der Waals surface area contributed by atoms with E-state index in [0.29, 0.717) is 5.92 Å². The Morgan fingerprint density at radius 1 is 1.23 bits per heavy atom. The topological polar surface area (TPSA) is 68.6 Å². The van der Waals surface area contributed by atoms with Crippen molar-refractivity contribution in [3.63, 3.8) is 0 Å². The van der Waals surface area contributed by atoms with Gasteiger partial charge in [0.2, 0.25) is 0 Å². The van der Waals surface area contributed by atoms with E-state index in [2.05, 4.69) is 14.9 Å². The second kappa shape index (κ2) is 6.20. The van der Waals surface area contributed by atoms with Gasteiger partial charge in [-0.25, -0.2) is 9.67 Å². The number of ether oxygens (including phenoxy) is 1. The maximum Gasteiger partial charge on any atom is 0.161 e. The Bertz CT molecular complexity index is 594. The van der Waals surface area contributed by atoms with Crippen molar-refractivity contribution in [2.75, 3.05) is 13.2 Å². The molecule has 6 nitrogen and oxygen atoms in total. The Morgan fingerprint density at radius 2 is 2.14 bits per heavy atom. The normalized spacial score (nSPS) is 23.2. The van der Waals surface area contributed by atoms with E-state index in [9.17, 15) is 0 Å². The number of aromatic nitrogens is 5. The number of hydrogen-bond donors (Lipinski definition) is 1. The fraction of sp³-hybridized carbons (Fsp3) is 0.688. The molecule has 2 aromatic rings. The summed E-state index contributed by atoms with van der Waals surface area (Å²) in [6, 6.07) is 0. The second-order valence-electron chi connectivity index (χ2n) is 6.53. The molecule has 22 heavy (non-hydrogen) atoms. The molecule has 0 spiro atoms. The first-order valence-electron chi connectivity index (χ1n) is 8.42. The van der Waals surface area contributed by atoms with Crippen molar-refractivity contribution in [3.05, 3.63) is 18.2 Å². The van der Waals surface area contributed by atoms with Crippen molar-refractivity contribution in [3.8, 4) is 11.4 Å². The van der Waals surface area contributed by atoms with Crippen LogP contribution in [0.2, 0.25) is 0 Å². The lowest BCUT2D eigenvalue weighted by Crippen LogP contribution is -2.16. The molecule has 1 N–H and O–H groups in total. The average molecular weight is 301 g/mol. The number of H-pyrrole nitrogens is 1. The lowest BCUT2D eigenvalue weighted by Gasteiger charge is -2.21. The highest BCUT2D eigenvalue weighted by Gasteiger charge is 2.25. The van der Waals surface area contributed by atoms with Gasteiger partial charge in [-0.1, -0.05) is 19.3 Å². The van der Waals surface area contributed by atoms with Crippen LogP contribution in [0.1, 0.15) is 50.3 Å². The largest absolute Gasteiger partial charge is 0.381 e. The van der Waals surface area contributed by atoms with Crippen LogP contribution in [0, 0.1) is 5.92 Å². The Labute approximate surface area is 130 Å². The molecule has 0 unspecified atom stereocenters. The number of nitrogens with one attached hydrogen (secondary N) is 1. The summed E-state index contributed by atoms with van der Waals surface area (Å²) in [4.78, 5) is 4.81. The van der Waals surface area contributed by atoms with Gasteiger partial charge in [0.25, 0.3) is 0 Å². The van der Waals surface area contributed by atoms with Crippen LogP contribution in [-0.2, 0) is 11.3 Å². The monoisotopic (exact) mass is 301 g/mol. The van der Waals surface area contributed by atoms with Gasteiger partial charge in [-0.2, -0.15) is 10.2 Å². The molecule has 118 valence electrons. The van der Waals surface area contributed by atoms with Gasteiger partial charge in [0, 0.05) is 25.3 Å². The van der Waals surface area contributed by atoms with E-state index in [-0.39, 0.29) is 0 Å². The SMILES string of the molecule is c1n[nH]cc1-c1nc([C@H]2CCOC2)nn1CC1CCCCC1. The van der Waals surface area contributed by atoms with E-state index in [1.165, 1.54) is 32.1 Å². The predicted molar refractivity (Wildman–Crippen MR) is 82.4 cm³/mol. The summed E-state index contributed by atoms with van der Waals surface area (Å²) < 4.78 is 7.60. The molecule has 6 heteroatoms. The van der Waals surface area contributed by atoms with E-state index in [1.54, 1.807) is 0 Å². The van der Waals surface area contributed by atoms with Gasteiger partial charge in [0.05, 0.1) is 18.4 Å². The first kappa shape index (κ1) is 13.9. The third-order valence-electron chi connectivity index (χ3n) is 4.90. The maximum absolute atomic E-state index is 5.49. The fourth-order valence-electron chi connectivity index (χ4n) is 3.60. The van der Waals surface area contributed by atoms with Gasteiger partial charge in [-0.3, -0.25) is 5.10 Å². The number of hydrogen-bond acceptors (Lipinski definition) is 4. The van der Waals surface area contributed by atoms with Gasteiger partial charge in [0.1, 0.15) is 0 Å². The van der Waals surface area contributed by atoms with E-state index in [4.69, 9.17) is 14.8 Å². The molecule has 4 rings (SSSR count). The quantitative estimate of drug-likeness (QED) is 0.942. The molecular weight excluding hydrogens is 278 g/mol. The zero-order valence-electron chi connectivity index (χ0n) is 12.9. The Kier molecular flexibility index (Phi) is 3.93. The van der Waals surface area contributed by atoms with E-state index < -0.39 is 0 Å². The fourth-order valence-corrected chi connectivity index (χ4v) is 3.60. The van der Waals surface area contributed by atoms with Gasteiger partial charge in [0.15, 0.2) is 11.6 Å². The van der Waals surface area contributed by atoms with Gasteiger partial charge < -0.3 is 4.74 Å². The molecule has 1 atom stereocenters. The van der Waals surface area contributed by atoms with Crippen LogP contribution in [0.25, 0.3) is 11.4 Å². The van der Waals surface area contributed by atoms with Crippen LogP contribution < -0.4 is 0 Å². The summed E-state index contributed by atoms with van der Waals surface area (Å²) >= 11 is 0. The minimum Gasteiger partial charge on any atom is -0.381 e. The van der Waals surface area contributed by atoms with Crippen molar-refractivity contribution in [1.82, 2.24) is 25.0 Å². The summed E-state index contributed by atoms with van der Waals surface area (Å²) in [6.07, 6.45) is 11.5. The highest BCUT2D eigenvalue weighted by molar-refractivity contribution is 5.52. The summed E-state index contributed by atoms with van der Waals surface area (Å²) in [7, 11) is 0. The molecule has 3 heterocycles. The van der Waals surface area contributed by atoms with Crippen LogP contribution in [0.3, 0.4) is 0 Å². The zero-order chi connectivity index (χ0) is 14.8. The lowest BCUT2D eigenvalue weighted by atomic mass is 9.89. The van der Waals surface area contributed by atoms with Crippen LogP contribution >= 0.6 is 0 Å². The molecule has 1 saturated carbocycles. The molecule has 1 saturated heterocycles. The maximum atomic E-state index is 5.49. The molecule has 1 aliphatic carbocycles. The van der Waals surface area contributed by atoms with E-state index in [0.717, 1.165) is 49.3 Å². The molecule has 2 aliphatic rings. The first-order chi connectivity index (χ1) is 10.9. The van der Waals surface area contributed by atoms with Crippen molar-refractivity contribution in [2.24, 2.45) is 5.92 Å². The summed E-state index contributed by atoms with van der Waals surface area (Å²) in [5.74, 6) is 2.96. The molecule has 1 aliphatic heterocycles. The highest BCUT2D eigenvalue weighted by atomic mass is 16.5. The lowest BCUT2D eigenvalue weighted by molar-refractivity contribution is 0.193. The number of nitrogens with zero attached hydrogens (tertiary/aromatic N) is 4. The number of rotatable bonds is 4. The summed E-state index contributed by atoms with van der Waals surface area (Å²) in [5.41, 5.74) is 1.02. The minimum absolute atomic E-state index is 0.346. The second-order valence-corrected chi connectivity index (χ2v) is 6.53. The van der Waals surface area contributed by atoms with Crippen LogP contribution in [0.5, 0.6) is 0 Å². The Morgan fingerprint density at radius 3 is 2.86 bits per heavy atom. The first-order valence-corrected chi connectivity index (χ1v) is 8.42. The molecular formula is C16H23N5O. The molecule has 0 amide bonds. The molecule has 0 aromatic carbocycles. The molecule has 2 fully saturated rings. The zero-order valence-corrected chi connectivity index (χ0v) is 12.9. The van der Waals surface area contributed by atoms with Gasteiger partial charge >= 0.3 is 0 Å². The molecule has 2 aromatic heterocycles. The molecule has 0 bridgehead atoms. The summed E-state index contributed by atoms with van der Waals surface area (Å²) in [6.45, 7) is 2.54. The third kappa shape index (κ3) is 2.79. The van der Waals surface area contributed by atoms with Crippen molar-refractivity contribution in [2.45, 2.75) is 51.0 Å². The average Bonchev–Trinajstić information content (AvgIpc) is 3.29. The van der Waals surface area contributed by atoms with Crippen molar-refractivity contribution >= 4 is 0 Å². The Balaban J connectivity index is 1.62. The van der Waals surface area contributed by atoms with E-state index >= 15 is 0 Å². The molecule has 0 radical (unpaired) electrons.